The molecule has 2 aromatic carbocycles. The van der Waals surface area contributed by atoms with Crippen molar-refractivity contribution in [3.8, 4) is 0 Å². The Morgan fingerprint density at radius 1 is 1.10 bits per heavy atom. The first-order valence-corrected chi connectivity index (χ1v) is 10.1. The second-order valence-electron chi connectivity index (χ2n) is 7.92. The van der Waals surface area contributed by atoms with Crippen molar-refractivity contribution in [3.63, 3.8) is 0 Å². The van der Waals surface area contributed by atoms with Gasteiger partial charge in [0.2, 0.25) is 0 Å². The number of carbonyl (C=O) groups is 1. The van der Waals surface area contributed by atoms with Gasteiger partial charge in [-0.2, -0.15) is 0 Å². The molecule has 1 unspecified atom stereocenters. The Morgan fingerprint density at radius 2 is 1.83 bits per heavy atom. The molecule has 1 atom stereocenters. The zero-order valence-electron chi connectivity index (χ0n) is 16.7. The number of nitrogens with zero attached hydrogens (tertiary/aromatic N) is 2. The van der Waals surface area contributed by atoms with Crippen molar-refractivity contribution in [1.82, 2.24) is 4.90 Å². The Bertz CT molecular complexity index is 825. The van der Waals surface area contributed by atoms with Gasteiger partial charge in [0, 0.05) is 25.3 Å². The quantitative estimate of drug-likeness (QED) is 0.750. The molecule has 2 fully saturated rings. The first-order chi connectivity index (χ1) is 13.5. The number of morpholine rings is 1. The number of hydrogen-bond donors (Lipinski definition) is 0. The maximum absolute atomic E-state index is 13.4. The summed E-state index contributed by atoms with van der Waals surface area (Å²) < 4.78 is 19.6. The summed E-state index contributed by atoms with van der Waals surface area (Å²) in [7, 11) is 0. The molecule has 2 aliphatic heterocycles. The normalized spacial score (nSPS) is 21.8. The van der Waals surface area contributed by atoms with Gasteiger partial charge in [0.1, 0.15) is 11.9 Å². The molecule has 0 aliphatic carbocycles. The second kappa shape index (κ2) is 9.24. The van der Waals surface area contributed by atoms with Gasteiger partial charge in [-0.1, -0.05) is 30.3 Å². The van der Waals surface area contributed by atoms with Gasteiger partial charge in [-0.15, -0.1) is 12.4 Å². The van der Waals surface area contributed by atoms with E-state index in [9.17, 15) is 9.18 Å². The van der Waals surface area contributed by atoms with Crippen LogP contribution in [-0.2, 0) is 16.0 Å². The van der Waals surface area contributed by atoms with E-state index in [2.05, 4.69) is 4.90 Å². The summed E-state index contributed by atoms with van der Waals surface area (Å²) in [5.41, 5.74) is 1.69. The number of para-hydroxylation sites is 1. The van der Waals surface area contributed by atoms with Crippen LogP contribution in [0, 0.1) is 5.82 Å². The number of amides is 1. The SMILES string of the molecule is CC1OC2(CCN(CCc3cccc(F)c3)CC2)CN(c2ccccc2)C1=O.Cl. The molecule has 4 rings (SSSR count). The molecule has 0 N–H and O–H groups in total. The Morgan fingerprint density at radius 3 is 2.52 bits per heavy atom. The lowest BCUT2D eigenvalue weighted by Crippen LogP contribution is -2.61. The Balaban J connectivity index is 0.00000240. The van der Waals surface area contributed by atoms with E-state index in [1.54, 1.807) is 12.1 Å². The number of likely N-dealkylation sites (tertiary alicyclic amines) is 1. The first kappa shape index (κ1) is 21.8. The molecule has 2 heterocycles. The Kier molecular flexibility index (Phi) is 6.93. The van der Waals surface area contributed by atoms with Crippen molar-refractivity contribution in [1.29, 1.82) is 0 Å². The van der Waals surface area contributed by atoms with Crippen LogP contribution in [0.5, 0.6) is 0 Å². The molecule has 2 aliphatic rings. The molecule has 0 bridgehead atoms. The minimum atomic E-state index is -0.423. The molecule has 0 saturated carbocycles. The fourth-order valence-corrected chi connectivity index (χ4v) is 4.31. The van der Waals surface area contributed by atoms with E-state index >= 15 is 0 Å². The second-order valence-corrected chi connectivity index (χ2v) is 7.92. The molecule has 2 saturated heterocycles. The average Bonchev–Trinajstić information content (AvgIpc) is 2.71. The molecule has 0 radical (unpaired) electrons. The molecule has 1 amide bonds. The molecule has 0 aromatic heterocycles. The van der Waals surface area contributed by atoms with Crippen LogP contribution in [0.4, 0.5) is 10.1 Å². The van der Waals surface area contributed by atoms with Crippen LogP contribution in [0.1, 0.15) is 25.3 Å². The summed E-state index contributed by atoms with van der Waals surface area (Å²) in [6.07, 6.45) is 2.22. The molecule has 1 spiro atoms. The van der Waals surface area contributed by atoms with E-state index in [1.165, 1.54) is 6.07 Å². The van der Waals surface area contributed by atoms with Gasteiger partial charge in [0.15, 0.2) is 0 Å². The third-order valence-electron chi connectivity index (χ3n) is 5.93. The third kappa shape index (κ3) is 4.97. The highest BCUT2D eigenvalue weighted by molar-refractivity contribution is 5.97. The number of rotatable bonds is 4. The van der Waals surface area contributed by atoms with Crippen LogP contribution >= 0.6 is 12.4 Å². The summed E-state index contributed by atoms with van der Waals surface area (Å²) in [6.45, 7) is 5.24. The molecule has 29 heavy (non-hydrogen) atoms. The van der Waals surface area contributed by atoms with Crippen molar-refractivity contribution in [2.45, 2.75) is 37.9 Å². The predicted molar refractivity (Wildman–Crippen MR) is 115 cm³/mol. The highest BCUT2D eigenvalue weighted by Crippen LogP contribution is 2.35. The van der Waals surface area contributed by atoms with Crippen LogP contribution in [0.2, 0.25) is 0 Å². The van der Waals surface area contributed by atoms with Crippen molar-refractivity contribution in [3.05, 3.63) is 66.0 Å². The zero-order valence-corrected chi connectivity index (χ0v) is 17.5. The summed E-state index contributed by atoms with van der Waals surface area (Å²) >= 11 is 0. The van der Waals surface area contributed by atoms with Crippen LogP contribution in [0.15, 0.2) is 54.6 Å². The van der Waals surface area contributed by atoms with Gasteiger partial charge in [-0.25, -0.2) is 4.39 Å². The average molecular weight is 419 g/mol. The Hall–Kier alpha value is -1.95. The predicted octanol–water partition coefficient (Wildman–Crippen LogP) is 4.08. The summed E-state index contributed by atoms with van der Waals surface area (Å²) in [4.78, 5) is 17.0. The molecule has 4 nitrogen and oxygen atoms in total. The summed E-state index contributed by atoms with van der Waals surface area (Å²) in [6, 6.07) is 16.7. The fraction of sp³-hybridized carbons (Fsp3) is 0.435. The van der Waals surface area contributed by atoms with Gasteiger partial charge in [0.25, 0.3) is 5.91 Å². The minimum Gasteiger partial charge on any atom is -0.360 e. The van der Waals surface area contributed by atoms with Crippen LogP contribution in [-0.4, -0.2) is 48.7 Å². The number of benzene rings is 2. The van der Waals surface area contributed by atoms with E-state index in [0.29, 0.717) is 6.54 Å². The maximum atomic E-state index is 13.4. The smallest absolute Gasteiger partial charge is 0.255 e. The number of carbonyl (C=O) groups excluding carboxylic acids is 1. The van der Waals surface area contributed by atoms with Crippen LogP contribution in [0.3, 0.4) is 0 Å². The summed E-state index contributed by atoms with van der Waals surface area (Å²) in [5.74, 6) is -0.143. The fourth-order valence-electron chi connectivity index (χ4n) is 4.31. The highest BCUT2D eigenvalue weighted by Gasteiger charge is 2.45. The number of halogens is 2. The first-order valence-electron chi connectivity index (χ1n) is 10.1. The highest BCUT2D eigenvalue weighted by atomic mass is 35.5. The van der Waals surface area contributed by atoms with E-state index in [4.69, 9.17) is 4.74 Å². The molecule has 156 valence electrons. The number of piperidine rings is 1. The number of anilines is 1. The molecular formula is C23H28ClFN2O2. The van der Waals surface area contributed by atoms with E-state index in [-0.39, 0.29) is 29.7 Å². The van der Waals surface area contributed by atoms with Gasteiger partial charge in [-0.3, -0.25) is 4.79 Å². The lowest BCUT2D eigenvalue weighted by molar-refractivity contribution is -0.161. The minimum absolute atomic E-state index is 0. The van der Waals surface area contributed by atoms with Crippen molar-refractivity contribution in [2.24, 2.45) is 0 Å². The van der Waals surface area contributed by atoms with E-state index in [1.807, 2.05) is 48.2 Å². The van der Waals surface area contributed by atoms with Crippen molar-refractivity contribution < 1.29 is 13.9 Å². The van der Waals surface area contributed by atoms with E-state index < -0.39 is 6.10 Å². The largest absolute Gasteiger partial charge is 0.360 e. The topological polar surface area (TPSA) is 32.8 Å². The van der Waals surface area contributed by atoms with E-state index in [0.717, 1.165) is 50.1 Å². The van der Waals surface area contributed by atoms with Crippen molar-refractivity contribution in [2.75, 3.05) is 31.1 Å². The lowest BCUT2D eigenvalue weighted by Gasteiger charge is -2.49. The van der Waals surface area contributed by atoms with Gasteiger partial charge < -0.3 is 14.5 Å². The van der Waals surface area contributed by atoms with Gasteiger partial charge >= 0.3 is 0 Å². The lowest BCUT2D eigenvalue weighted by atomic mass is 9.88. The van der Waals surface area contributed by atoms with Gasteiger partial charge in [-0.05, 0) is 56.0 Å². The third-order valence-corrected chi connectivity index (χ3v) is 5.93. The molecule has 2 aromatic rings. The number of hydrogen-bond acceptors (Lipinski definition) is 3. The standard InChI is InChI=1S/C23H27FN2O2.ClH/c1-18-22(27)26(21-8-3-2-4-9-21)17-23(28-18)11-14-25(15-12-23)13-10-19-6-5-7-20(24)16-19;/h2-9,16,18H,10-15,17H2,1H3;1H. The zero-order chi connectivity index (χ0) is 19.6. The monoisotopic (exact) mass is 418 g/mol. The Labute approximate surface area is 178 Å². The molecule has 6 heteroatoms. The van der Waals surface area contributed by atoms with Crippen molar-refractivity contribution >= 4 is 24.0 Å². The molecular weight excluding hydrogens is 391 g/mol. The summed E-state index contributed by atoms with van der Waals surface area (Å²) in [5, 5.41) is 0. The maximum Gasteiger partial charge on any atom is 0.255 e. The van der Waals surface area contributed by atoms with Crippen LogP contribution in [0.25, 0.3) is 0 Å². The van der Waals surface area contributed by atoms with Crippen LogP contribution < -0.4 is 4.90 Å². The number of ether oxygens (including phenoxy) is 1. The van der Waals surface area contributed by atoms with Gasteiger partial charge in [0.05, 0.1) is 12.1 Å².